The van der Waals surface area contributed by atoms with E-state index in [-0.39, 0.29) is 30.6 Å². The van der Waals surface area contributed by atoms with Gasteiger partial charge < -0.3 is 19.7 Å². The van der Waals surface area contributed by atoms with Crippen LogP contribution in [-0.2, 0) is 22.6 Å². The maximum Gasteiger partial charge on any atom is 0.242 e. The Hall–Kier alpha value is -3.09. The van der Waals surface area contributed by atoms with Gasteiger partial charge in [0, 0.05) is 19.5 Å². The van der Waals surface area contributed by atoms with Crippen LogP contribution in [0.15, 0.2) is 42.5 Å². The summed E-state index contributed by atoms with van der Waals surface area (Å²) in [6, 6.07) is 10.9. The van der Waals surface area contributed by atoms with Crippen LogP contribution in [0.4, 0.5) is 4.39 Å². The molecule has 31 heavy (non-hydrogen) atoms. The maximum absolute atomic E-state index is 13.3. The molecule has 168 valence electrons. The first kappa shape index (κ1) is 24.2. The van der Waals surface area contributed by atoms with Crippen LogP contribution in [0.5, 0.6) is 11.5 Å². The molecule has 0 spiro atoms. The van der Waals surface area contributed by atoms with Gasteiger partial charge in [0.2, 0.25) is 11.8 Å². The molecular weight excluding hydrogens is 399 g/mol. The van der Waals surface area contributed by atoms with Gasteiger partial charge in [-0.1, -0.05) is 25.1 Å². The highest BCUT2D eigenvalue weighted by atomic mass is 19.1. The molecule has 7 heteroatoms. The third-order valence-corrected chi connectivity index (χ3v) is 5.08. The number of benzene rings is 2. The average molecular weight is 431 g/mol. The summed E-state index contributed by atoms with van der Waals surface area (Å²) < 4.78 is 23.9. The van der Waals surface area contributed by atoms with Crippen molar-refractivity contribution >= 4 is 11.8 Å². The normalized spacial score (nSPS) is 11.5. The fourth-order valence-electron chi connectivity index (χ4n) is 3.43. The minimum atomic E-state index is -0.595. The Labute approximate surface area is 183 Å². The number of hydrogen-bond donors (Lipinski definition) is 1. The van der Waals surface area contributed by atoms with Gasteiger partial charge in [0.1, 0.15) is 11.9 Å². The lowest BCUT2D eigenvalue weighted by Gasteiger charge is -2.30. The van der Waals surface area contributed by atoms with E-state index in [9.17, 15) is 14.0 Å². The Morgan fingerprint density at radius 2 is 1.65 bits per heavy atom. The largest absolute Gasteiger partial charge is 0.493 e. The number of nitrogens with zero attached hydrogens (tertiary/aromatic N) is 1. The van der Waals surface area contributed by atoms with Crippen LogP contribution in [0.3, 0.4) is 0 Å². The van der Waals surface area contributed by atoms with Crippen molar-refractivity contribution in [2.24, 2.45) is 0 Å². The van der Waals surface area contributed by atoms with Crippen LogP contribution in [0.2, 0.25) is 0 Å². The topological polar surface area (TPSA) is 67.9 Å². The summed E-state index contributed by atoms with van der Waals surface area (Å²) in [5.41, 5.74) is 1.70. The zero-order valence-corrected chi connectivity index (χ0v) is 18.6. The van der Waals surface area contributed by atoms with Gasteiger partial charge in [-0.15, -0.1) is 0 Å². The van der Waals surface area contributed by atoms with Gasteiger partial charge in [-0.05, 0) is 55.2 Å². The third-order valence-electron chi connectivity index (χ3n) is 5.08. The van der Waals surface area contributed by atoms with Crippen LogP contribution in [0.1, 0.15) is 37.8 Å². The molecule has 0 aromatic heterocycles. The number of amides is 2. The molecule has 2 amide bonds. The second-order valence-corrected chi connectivity index (χ2v) is 7.16. The number of hydrogen-bond acceptors (Lipinski definition) is 4. The number of nitrogens with one attached hydrogen (secondary N) is 1. The minimum Gasteiger partial charge on any atom is -0.493 e. The third kappa shape index (κ3) is 6.70. The molecule has 0 aliphatic rings. The molecule has 0 heterocycles. The number of likely N-dealkylation sites (N-methyl/N-ethyl adjacent to an activating group) is 1. The number of carbonyl (C=O) groups is 2. The van der Waals surface area contributed by atoms with E-state index >= 15 is 0 Å². The lowest BCUT2D eigenvalue weighted by Crippen LogP contribution is -2.49. The van der Waals surface area contributed by atoms with Crippen molar-refractivity contribution in [3.8, 4) is 11.5 Å². The summed E-state index contributed by atoms with van der Waals surface area (Å²) in [4.78, 5) is 27.4. The fraction of sp³-hybridized carbons (Fsp3) is 0.417. The number of aryl methyl sites for hydroxylation is 1. The maximum atomic E-state index is 13.3. The molecule has 0 saturated carbocycles. The molecule has 2 aromatic rings. The fourth-order valence-corrected chi connectivity index (χ4v) is 3.43. The molecule has 2 rings (SSSR count). The smallest absolute Gasteiger partial charge is 0.242 e. The van der Waals surface area contributed by atoms with Gasteiger partial charge >= 0.3 is 0 Å². The van der Waals surface area contributed by atoms with Crippen molar-refractivity contribution in [3.05, 3.63) is 59.4 Å². The molecule has 0 unspecified atom stereocenters. The van der Waals surface area contributed by atoms with Crippen LogP contribution in [0.25, 0.3) is 0 Å². The molecule has 0 bridgehead atoms. The molecule has 1 atom stereocenters. The molecule has 0 radical (unpaired) electrons. The van der Waals surface area contributed by atoms with Crippen LogP contribution in [-0.4, -0.2) is 43.5 Å². The predicted molar refractivity (Wildman–Crippen MR) is 118 cm³/mol. The van der Waals surface area contributed by atoms with Crippen LogP contribution >= 0.6 is 0 Å². The van der Waals surface area contributed by atoms with Crippen molar-refractivity contribution in [1.29, 1.82) is 0 Å². The summed E-state index contributed by atoms with van der Waals surface area (Å²) in [6.07, 6.45) is 1.20. The van der Waals surface area contributed by atoms with Crippen LogP contribution < -0.4 is 14.8 Å². The van der Waals surface area contributed by atoms with Gasteiger partial charge in [-0.2, -0.15) is 0 Å². The van der Waals surface area contributed by atoms with Crippen molar-refractivity contribution in [3.63, 3.8) is 0 Å². The first-order valence-electron chi connectivity index (χ1n) is 10.5. The highest BCUT2D eigenvalue weighted by Gasteiger charge is 2.28. The van der Waals surface area contributed by atoms with Crippen molar-refractivity contribution in [2.45, 2.75) is 45.7 Å². The summed E-state index contributed by atoms with van der Waals surface area (Å²) in [6.45, 7) is 4.44. The van der Waals surface area contributed by atoms with E-state index in [1.165, 1.54) is 12.1 Å². The predicted octanol–water partition coefficient (Wildman–Crippen LogP) is 3.72. The molecule has 2 aromatic carbocycles. The zero-order chi connectivity index (χ0) is 22.8. The zero-order valence-electron chi connectivity index (χ0n) is 18.6. The summed E-state index contributed by atoms with van der Waals surface area (Å²) in [5.74, 6) is 0.553. The Kier molecular flexibility index (Phi) is 9.31. The van der Waals surface area contributed by atoms with Gasteiger partial charge in [0.05, 0.1) is 14.2 Å². The molecule has 0 fully saturated rings. The Bertz CT molecular complexity index is 870. The van der Waals surface area contributed by atoms with E-state index in [1.807, 2.05) is 26.0 Å². The first-order valence-corrected chi connectivity index (χ1v) is 10.5. The van der Waals surface area contributed by atoms with E-state index in [0.29, 0.717) is 30.9 Å². The second kappa shape index (κ2) is 11.9. The average Bonchev–Trinajstić information content (AvgIpc) is 2.78. The lowest BCUT2D eigenvalue weighted by atomic mass is 10.1. The van der Waals surface area contributed by atoms with Crippen molar-refractivity contribution in [1.82, 2.24) is 10.2 Å². The Morgan fingerprint density at radius 1 is 1.00 bits per heavy atom. The number of rotatable bonds is 11. The standard InChI is InChI=1S/C24H31FN2O4/c1-5-20(24(29)26-6-2)27(16-18-7-11-19(25)12-8-18)23(28)14-10-17-9-13-21(30-3)22(15-17)31-4/h7-9,11-13,15,20H,5-6,10,14,16H2,1-4H3,(H,26,29)/t20-/m1/s1. The summed E-state index contributed by atoms with van der Waals surface area (Å²) in [5, 5.41) is 2.81. The number of methoxy groups -OCH3 is 2. The molecule has 6 nitrogen and oxygen atoms in total. The first-order chi connectivity index (χ1) is 14.9. The molecule has 0 saturated heterocycles. The highest BCUT2D eigenvalue weighted by molar-refractivity contribution is 5.87. The lowest BCUT2D eigenvalue weighted by molar-refractivity contribution is -0.141. The summed E-state index contributed by atoms with van der Waals surface area (Å²) >= 11 is 0. The number of carbonyl (C=O) groups excluding carboxylic acids is 2. The minimum absolute atomic E-state index is 0.141. The molecule has 0 aliphatic heterocycles. The summed E-state index contributed by atoms with van der Waals surface area (Å²) in [7, 11) is 3.13. The van der Waals surface area contributed by atoms with E-state index in [0.717, 1.165) is 11.1 Å². The van der Waals surface area contributed by atoms with Gasteiger partial charge in [-0.25, -0.2) is 4.39 Å². The van der Waals surface area contributed by atoms with Gasteiger partial charge in [0.15, 0.2) is 11.5 Å². The van der Waals surface area contributed by atoms with Gasteiger partial charge in [-0.3, -0.25) is 9.59 Å². The number of halogens is 1. The SMILES string of the molecule is CCNC(=O)[C@@H](CC)N(Cc1ccc(F)cc1)C(=O)CCc1ccc(OC)c(OC)c1. The highest BCUT2D eigenvalue weighted by Crippen LogP contribution is 2.28. The molecule has 0 aliphatic carbocycles. The monoisotopic (exact) mass is 430 g/mol. The Balaban J connectivity index is 2.20. The Morgan fingerprint density at radius 3 is 2.23 bits per heavy atom. The quantitative estimate of drug-likeness (QED) is 0.590. The van der Waals surface area contributed by atoms with E-state index < -0.39 is 6.04 Å². The van der Waals surface area contributed by atoms with E-state index in [2.05, 4.69) is 5.32 Å². The van der Waals surface area contributed by atoms with Crippen LogP contribution in [0, 0.1) is 5.82 Å². The van der Waals surface area contributed by atoms with Gasteiger partial charge in [0.25, 0.3) is 0 Å². The van der Waals surface area contributed by atoms with E-state index in [4.69, 9.17) is 9.47 Å². The molecular formula is C24H31FN2O4. The van der Waals surface area contributed by atoms with Crippen molar-refractivity contribution < 1.29 is 23.5 Å². The molecule has 1 N–H and O–H groups in total. The number of ether oxygens (including phenoxy) is 2. The second-order valence-electron chi connectivity index (χ2n) is 7.16. The van der Waals surface area contributed by atoms with Crippen molar-refractivity contribution in [2.75, 3.05) is 20.8 Å². The van der Waals surface area contributed by atoms with E-state index in [1.54, 1.807) is 37.3 Å².